The molecule has 0 saturated heterocycles. The van der Waals surface area contributed by atoms with Gasteiger partial charge in [0.2, 0.25) is 0 Å². The summed E-state index contributed by atoms with van der Waals surface area (Å²) in [5, 5.41) is 7.30. The van der Waals surface area contributed by atoms with Crippen molar-refractivity contribution in [1.82, 2.24) is 15.1 Å². The van der Waals surface area contributed by atoms with E-state index in [1.807, 2.05) is 39.5 Å². The molecule has 1 unspecified atom stereocenters. The van der Waals surface area contributed by atoms with Gasteiger partial charge >= 0.3 is 0 Å². The van der Waals surface area contributed by atoms with Crippen molar-refractivity contribution in [2.24, 2.45) is 7.05 Å². The number of rotatable bonds is 4. The van der Waals surface area contributed by atoms with Gasteiger partial charge in [0, 0.05) is 24.8 Å². The molecule has 3 nitrogen and oxygen atoms in total. The average molecular weight is 247 g/mol. The van der Waals surface area contributed by atoms with Gasteiger partial charge in [0.15, 0.2) is 0 Å². The normalized spacial score (nSPS) is 12.7. The molecule has 1 aromatic heterocycles. The highest BCUT2D eigenvalue weighted by atomic mass is 19.1. The zero-order valence-corrected chi connectivity index (χ0v) is 10.9. The van der Waals surface area contributed by atoms with E-state index in [4.69, 9.17) is 0 Å². The maximum Gasteiger partial charge on any atom is 0.128 e. The van der Waals surface area contributed by atoms with E-state index < -0.39 is 0 Å². The molecule has 0 aliphatic heterocycles. The topological polar surface area (TPSA) is 29.9 Å². The zero-order chi connectivity index (χ0) is 13.1. The summed E-state index contributed by atoms with van der Waals surface area (Å²) in [4.78, 5) is 0. The van der Waals surface area contributed by atoms with Crippen LogP contribution in [0.25, 0.3) is 0 Å². The maximum absolute atomic E-state index is 13.9. The summed E-state index contributed by atoms with van der Waals surface area (Å²) in [6.45, 7) is 1.97. The Kier molecular flexibility index (Phi) is 3.77. The summed E-state index contributed by atoms with van der Waals surface area (Å²) in [5.74, 6) is -0.163. The largest absolute Gasteiger partial charge is 0.313 e. The lowest BCUT2D eigenvalue weighted by Gasteiger charge is -2.17. The smallest absolute Gasteiger partial charge is 0.128 e. The van der Waals surface area contributed by atoms with E-state index in [2.05, 4.69) is 10.4 Å². The molecule has 0 radical (unpaired) electrons. The van der Waals surface area contributed by atoms with Gasteiger partial charge < -0.3 is 5.32 Å². The molecule has 1 N–H and O–H groups in total. The summed E-state index contributed by atoms with van der Waals surface area (Å²) < 4.78 is 15.6. The average Bonchev–Trinajstić information content (AvgIpc) is 2.75. The van der Waals surface area contributed by atoms with Gasteiger partial charge in [0.1, 0.15) is 5.82 Å². The minimum Gasteiger partial charge on any atom is -0.313 e. The van der Waals surface area contributed by atoms with Crippen LogP contribution in [0.1, 0.15) is 22.7 Å². The number of hydrogen-bond acceptors (Lipinski definition) is 2. The van der Waals surface area contributed by atoms with Gasteiger partial charge in [-0.2, -0.15) is 5.10 Å². The van der Waals surface area contributed by atoms with Crippen LogP contribution < -0.4 is 5.32 Å². The lowest BCUT2D eigenvalue weighted by molar-refractivity contribution is 0.533. The van der Waals surface area contributed by atoms with Crippen molar-refractivity contribution in [3.63, 3.8) is 0 Å². The molecule has 2 aromatic rings. The highest BCUT2D eigenvalue weighted by molar-refractivity contribution is 5.28. The minimum absolute atomic E-state index is 0.0332. The Hall–Kier alpha value is -1.68. The summed E-state index contributed by atoms with van der Waals surface area (Å²) in [6, 6.07) is 5.18. The van der Waals surface area contributed by atoms with E-state index in [-0.39, 0.29) is 11.9 Å². The Morgan fingerprint density at radius 3 is 2.83 bits per heavy atom. The van der Waals surface area contributed by atoms with Crippen molar-refractivity contribution in [2.75, 3.05) is 7.05 Å². The summed E-state index contributed by atoms with van der Waals surface area (Å²) in [7, 11) is 3.73. The van der Waals surface area contributed by atoms with Gasteiger partial charge in [-0.25, -0.2) is 4.39 Å². The number of aromatic nitrogens is 2. The monoisotopic (exact) mass is 247 g/mol. The van der Waals surface area contributed by atoms with Crippen molar-refractivity contribution < 1.29 is 4.39 Å². The Balaban J connectivity index is 2.25. The molecule has 4 heteroatoms. The molecule has 1 heterocycles. The number of halogens is 1. The Morgan fingerprint density at radius 2 is 2.22 bits per heavy atom. The molecule has 1 aromatic carbocycles. The van der Waals surface area contributed by atoms with Crippen LogP contribution in [0.5, 0.6) is 0 Å². The van der Waals surface area contributed by atoms with Gasteiger partial charge in [-0.05, 0) is 32.0 Å². The van der Waals surface area contributed by atoms with Gasteiger partial charge in [-0.1, -0.05) is 17.7 Å². The number of hydrogen-bond donors (Lipinski definition) is 1. The van der Waals surface area contributed by atoms with Crippen molar-refractivity contribution in [1.29, 1.82) is 0 Å². The number of aryl methyl sites for hydroxylation is 2. The molecule has 96 valence electrons. The van der Waals surface area contributed by atoms with E-state index in [1.54, 1.807) is 10.7 Å². The predicted molar refractivity (Wildman–Crippen MR) is 69.8 cm³/mol. The fraction of sp³-hybridized carbons (Fsp3) is 0.357. The van der Waals surface area contributed by atoms with Crippen LogP contribution in [0, 0.1) is 12.7 Å². The van der Waals surface area contributed by atoms with Gasteiger partial charge in [0.25, 0.3) is 0 Å². The summed E-state index contributed by atoms with van der Waals surface area (Å²) in [6.07, 6.45) is 4.50. The quantitative estimate of drug-likeness (QED) is 0.899. The number of benzene rings is 1. The lowest BCUT2D eigenvalue weighted by Crippen LogP contribution is -2.20. The van der Waals surface area contributed by atoms with Crippen LogP contribution in [-0.2, 0) is 13.5 Å². The first-order valence-electron chi connectivity index (χ1n) is 6.01. The summed E-state index contributed by atoms with van der Waals surface area (Å²) >= 11 is 0. The van der Waals surface area contributed by atoms with E-state index in [0.29, 0.717) is 5.56 Å². The molecule has 0 aliphatic rings. The van der Waals surface area contributed by atoms with E-state index in [0.717, 1.165) is 17.5 Å². The zero-order valence-electron chi connectivity index (χ0n) is 10.9. The van der Waals surface area contributed by atoms with Crippen molar-refractivity contribution >= 4 is 0 Å². The van der Waals surface area contributed by atoms with Gasteiger partial charge in [0.05, 0.1) is 6.20 Å². The summed E-state index contributed by atoms with van der Waals surface area (Å²) in [5.41, 5.74) is 2.87. The molecular formula is C14H18FN3. The first-order valence-corrected chi connectivity index (χ1v) is 6.01. The van der Waals surface area contributed by atoms with E-state index in [1.165, 1.54) is 6.07 Å². The highest BCUT2D eigenvalue weighted by Gasteiger charge is 2.15. The van der Waals surface area contributed by atoms with Gasteiger partial charge in [-0.15, -0.1) is 0 Å². The first kappa shape index (κ1) is 12.8. The Bertz CT molecular complexity index is 534. The molecule has 1 atom stereocenters. The highest BCUT2D eigenvalue weighted by Crippen LogP contribution is 2.22. The molecule has 0 spiro atoms. The van der Waals surface area contributed by atoms with Crippen LogP contribution in [-0.4, -0.2) is 16.8 Å². The fourth-order valence-electron chi connectivity index (χ4n) is 2.11. The lowest BCUT2D eigenvalue weighted by atomic mass is 9.98. The third kappa shape index (κ3) is 2.76. The van der Waals surface area contributed by atoms with Crippen LogP contribution in [0.15, 0.2) is 30.6 Å². The van der Waals surface area contributed by atoms with E-state index >= 15 is 0 Å². The second kappa shape index (κ2) is 5.31. The Morgan fingerprint density at radius 1 is 1.44 bits per heavy atom. The molecule has 0 bridgehead atoms. The molecule has 0 fully saturated rings. The van der Waals surface area contributed by atoms with E-state index in [9.17, 15) is 4.39 Å². The minimum atomic E-state index is -0.163. The molecular weight excluding hydrogens is 229 g/mol. The standard InChI is InChI=1S/C14H18FN3/c1-10-4-5-13(15)12(6-10)14(16-2)7-11-8-17-18(3)9-11/h4-6,8-9,14,16H,7H2,1-3H3. The number of nitrogens with zero attached hydrogens (tertiary/aromatic N) is 2. The van der Waals surface area contributed by atoms with Crippen LogP contribution >= 0.6 is 0 Å². The maximum atomic E-state index is 13.9. The SMILES string of the molecule is CNC(Cc1cnn(C)c1)c1cc(C)ccc1F. The first-order chi connectivity index (χ1) is 8.60. The molecule has 2 rings (SSSR count). The van der Waals surface area contributed by atoms with Crippen LogP contribution in [0.2, 0.25) is 0 Å². The number of likely N-dealkylation sites (N-methyl/N-ethyl adjacent to an activating group) is 1. The fourth-order valence-corrected chi connectivity index (χ4v) is 2.11. The predicted octanol–water partition coefficient (Wildman–Crippen LogP) is 2.37. The van der Waals surface area contributed by atoms with Crippen molar-refractivity contribution in [3.05, 3.63) is 53.1 Å². The van der Waals surface area contributed by atoms with Gasteiger partial charge in [-0.3, -0.25) is 4.68 Å². The third-order valence-electron chi connectivity index (χ3n) is 3.07. The van der Waals surface area contributed by atoms with Crippen molar-refractivity contribution in [2.45, 2.75) is 19.4 Å². The molecule has 0 saturated carbocycles. The van der Waals surface area contributed by atoms with Crippen LogP contribution in [0.3, 0.4) is 0 Å². The second-order valence-electron chi connectivity index (χ2n) is 4.59. The van der Waals surface area contributed by atoms with Crippen LogP contribution in [0.4, 0.5) is 4.39 Å². The Labute approximate surface area is 107 Å². The molecule has 0 aliphatic carbocycles. The van der Waals surface area contributed by atoms with Crippen molar-refractivity contribution in [3.8, 4) is 0 Å². The molecule has 18 heavy (non-hydrogen) atoms. The number of nitrogens with one attached hydrogen (secondary N) is 1. The third-order valence-corrected chi connectivity index (χ3v) is 3.07. The second-order valence-corrected chi connectivity index (χ2v) is 4.59. The molecule has 0 amide bonds.